The molecule has 0 aliphatic heterocycles. The number of fused-ring (bicyclic) bond motifs is 1. The van der Waals surface area contributed by atoms with Gasteiger partial charge in [0.2, 0.25) is 11.6 Å². The third kappa shape index (κ3) is 1.33. The topological polar surface area (TPSA) is 34.1 Å². The summed E-state index contributed by atoms with van der Waals surface area (Å²) >= 11 is 0. The van der Waals surface area contributed by atoms with E-state index in [1.165, 1.54) is 0 Å². The van der Waals surface area contributed by atoms with E-state index < -0.39 is 0 Å². The number of aryl methyl sites for hydroxylation is 1. The van der Waals surface area contributed by atoms with Crippen LogP contribution < -0.4 is 0 Å². The molecule has 2 rings (SSSR count). The first-order valence-corrected chi connectivity index (χ1v) is 5.31. The molecule has 0 radical (unpaired) electrons. The van der Waals surface area contributed by atoms with E-state index in [0.29, 0.717) is 11.1 Å². The summed E-state index contributed by atoms with van der Waals surface area (Å²) in [5.41, 5.74) is 5.16. The van der Waals surface area contributed by atoms with Crippen LogP contribution in [0.3, 0.4) is 0 Å². The van der Waals surface area contributed by atoms with Gasteiger partial charge >= 0.3 is 0 Å². The summed E-state index contributed by atoms with van der Waals surface area (Å²) < 4.78 is 0. The number of carbonyl (C=O) groups excluding carboxylic acids is 2. The van der Waals surface area contributed by atoms with Gasteiger partial charge in [-0.05, 0) is 56.0 Å². The van der Waals surface area contributed by atoms with Crippen molar-refractivity contribution in [3.05, 3.63) is 39.5 Å². The molecule has 0 bridgehead atoms. The molecule has 0 heterocycles. The normalized spacial score (nSPS) is 14.9. The van der Waals surface area contributed by atoms with E-state index in [1.54, 1.807) is 13.0 Å². The van der Waals surface area contributed by atoms with E-state index in [-0.39, 0.29) is 11.6 Å². The Labute approximate surface area is 95.0 Å². The number of allylic oxidation sites excluding steroid dienone is 1. The van der Waals surface area contributed by atoms with Crippen LogP contribution in [0, 0.1) is 20.8 Å². The zero-order valence-electron chi connectivity index (χ0n) is 9.97. The highest BCUT2D eigenvalue weighted by molar-refractivity contribution is 6.51. The fourth-order valence-corrected chi connectivity index (χ4v) is 2.12. The molecule has 0 spiro atoms. The van der Waals surface area contributed by atoms with E-state index in [1.807, 2.05) is 26.8 Å². The summed E-state index contributed by atoms with van der Waals surface area (Å²) in [7, 11) is 0. The van der Waals surface area contributed by atoms with E-state index in [0.717, 1.165) is 22.3 Å². The minimum atomic E-state index is -0.376. The van der Waals surface area contributed by atoms with E-state index >= 15 is 0 Å². The zero-order valence-corrected chi connectivity index (χ0v) is 9.97. The van der Waals surface area contributed by atoms with Crippen LogP contribution in [-0.2, 0) is 4.79 Å². The Morgan fingerprint density at radius 2 is 1.50 bits per heavy atom. The maximum absolute atomic E-state index is 11.9. The molecule has 1 aliphatic rings. The summed E-state index contributed by atoms with van der Waals surface area (Å²) in [5, 5.41) is 0. The maximum Gasteiger partial charge on any atom is 0.234 e. The van der Waals surface area contributed by atoms with Gasteiger partial charge in [0, 0.05) is 11.1 Å². The van der Waals surface area contributed by atoms with Crippen molar-refractivity contribution in [1.29, 1.82) is 0 Å². The minimum Gasteiger partial charge on any atom is -0.285 e. The fourth-order valence-electron chi connectivity index (χ4n) is 2.12. The molecule has 0 fully saturated rings. The Bertz CT molecular complexity index is 548. The average molecular weight is 214 g/mol. The lowest BCUT2D eigenvalue weighted by molar-refractivity contribution is -0.111. The van der Waals surface area contributed by atoms with Gasteiger partial charge in [0.1, 0.15) is 0 Å². The number of carbonyl (C=O) groups is 2. The standard InChI is InChI=1S/C14H14O2/c1-7-5-11-6-8(2)13(15)14(16)12(11)10(4)9(7)3/h5-6H,1-4H3. The SMILES string of the molecule is CC1=Cc2cc(C)c(C)c(C)c2C(=O)C1=O. The maximum atomic E-state index is 11.9. The van der Waals surface area contributed by atoms with Crippen LogP contribution in [0.1, 0.15) is 39.5 Å². The van der Waals surface area contributed by atoms with Crippen LogP contribution in [-0.4, -0.2) is 11.6 Å². The second-order valence-electron chi connectivity index (χ2n) is 4.39. The predicted octanol–water partition coefficient (Wildman–Crippen LogP) is 2.78. The first kappa shape index (κ1) is 10.8. The summed E-state index contributed by atoms with van der Waals surface area (Å²) in [6, 6.07) is 1.98. The van der Waals surface area contributed by atoms with Crippen LogP contribution in [0.5, 0.6) is 0 Å². The largest absolute Gasteiger partial charge is 0.285 e. The molecule has 1 aromatic rings. The summed E-state index contributed by atoms with van der Waals surface area (Å²) in [6.07, 6.45) is 1.80. The van der Waals surface area contributed by atoms with Crippen molar-refractivity contribution in [3.63, 3.8) is 0 Å². The van der Waals surface area contributed by atoms with Crippen molar-refractivity contribution in [2.24, 2.45) is 0 Å². The van der Waals surface area contributed by atoms with Crippen molar-refractivity contribution in [3.8, 4) is 0 Å². The third-order valence-electron chi connectivity index (χ3n) is 3.35. The summed E-state index contributed by atoms with van der Waals surface area (Å²) in [6.45, 7) is 7.59. The molecular formula is C14H14O2. The lowest BCUT2D eigenvalue weighted by Crippen LogP contribution is -2.22. The van der Waals surface area contributed by atoms with Gasteiger partial charge in [-0.1, -0.05) is 6.07 Å². The van der Waals surface area contributed by atoms with Crippen LogP contribution in [0.25, 0.3) is 6.08 Å². The van der Waals surface area contributed by atoms with Crippen molar-refractivity contribution in [2.45, 2.75) is 27.7 Å². The van der Waals surface area contributed by atoms with Gasteiger partial charge in [0.05, 0.1) is 0 Å². The molecule has 0 N–H and O–H groups in total. The summed E-state index contributed by atoms with van der Waals surface area (Å²) in [4.78, 5) is 23.5. The van der Waals surface area contributed by atoms with Gasteiger partial charge in [0.25, 0.3) is 0 Å². The molecule has 2 heteroatoms. The molecular weight excluding hydrogens is 200 g/mol. The second-order valence-corrected chi connectivity index (χ2v) is 4.39. The molecule has 0 amide bonds. The lowest BCUT2D eigenvalue weighted by Gasteiger charge is -2.17. The van der Waals surface area contributed by atoms with Gasteiger partial charge in [-0.2, -0.15) is 0 Å². The zero-order chi connectivity index (χ0) is 12.0. The molecule has 16 heavy (non-hydrogen) atoms. The van der Waals surface area contributed by atoms with Gasteiger partial charge in [-0.3, -0.25) is 9.59 Å². The molecule has 1 aliphatic carbocycles. The minimum absolute atomic E-state index is 0.365. The molecule has 0 saturated heterocycles. The highest BCUT2D eigenvalue weighted by Crippen LogP contribution is 2.28. The number of ketones is 2. The first-order valence-electron chi connectivity index (χ1n) is 5.31. The molecule has 0 atom stereocenters. The van der Waals surface area contributed by atoms with Gasteiger partial charge in [-0.25, -0.2) is 0 Å². The van der Waals surface area contributed by atoms with Crippen LogP contribution in [0.15, 0.2) is 11.6 Å². The molecule has 1 aromatic carbocycles. The molecule has 0 aromatic heterocycles. The van der Waals surface area contributed by atoms with Gasteiger partial charge < -0.3 is 0 Å². The quantitative estimate of drug-likeness (QED) is 0.622. The fraction of sp³-hybridized carbons (Fsp3) is 0.286. The Morgan fingerprint density at radius 3 is 2.12 bits per heavy atom. The van der Waals surface area contributed by atoms with Crippen LogP contribution in [0.2, 0.25) is 0 Å². The summed E-state index contributed by atoms with van der Waals surface area (Å²) in [5.74, 6) is -0.741. The van der Waals surface area contributed by atoms with Crippen LogP contribution >= 0.6 is 0 Å². The highest BCUT2D eigenvalue weighted by Gasteiger charge is 2.27. The molecule has 2 nitrogen and oxygen atoms in total. The predicted molar refractivity (Wildman–Crippen MR) is 63.6 cm³/mol. The van der Waals surface area contributed by atoms with Crippen LogP contribution in [0.4, 0.5) is 0 Å². The Balaban J connectivity index is 2.83. The Kier molecular flexibility index (Phi) is 2.30. The van der Waals surface area contributed by atoms with E-state index in [4.69, 9.17) is 0 Å². The third-order valence-corrected chi connectivity index (χ3v) is 3.35. The van der Waals surface area contributed by atoms with E-state index in [2.05, 4.69) is 0 Å². The second kappa shape index (κ2) is 3.41. The van der Waals surface area contributed by atoms with E-state index in [9.17, 15) is 9.59 Å². The smallest absolute Gasteiger partial charge is 0.234 e. The van der Waals surface area contributed by atoms with Crippen molar-refractivity contribution in [1.82, 2.24) is 0 Å². The molecule has 82 valence electrons. The lowest BCUT2D eigenvalue weighted by atomic mass is 9.84. The molecule has 0 unspecified atom stereocenters. The average Bonchev–Trinajstić information content (AvgIpc) is 2.23. The Morgan fingerprint density at radius 1 is 0.875 bits per heavy atom. The number of rotatable bonds is 0. The number of Topliss-reactive ketones (excluding diaryl/α,β-unsaturated/α-hetero) is 2. The highest BCUT2D eigenvalue weighted by atomic mass is 16.2. The number of hydrogen-bond donors (Lipinski definition) is 0. The van der Waals surface area contributed by atoms with Crippen molar-refractivity contribution >= 4 is 17.6 Å². The van der Waals surface area contributed by atoms with Gasteiger partial charge in [0.15, 0.2) is 0 Å². The monoisotopic (exact) mass is 214 g/mol. The number of hydrogen-bond acceptors (Lipinski definition) is 2. The Hall–Kier alpha value is -1.70. The first-order chi connectivity index (χ1) is 7.43. The number of benzene rings is 1. The van der Waals surface area contributed by atoms with Crippen molar-refractivity contribution < 1.29 is 9.59 Å². The van der Waals surface area contributed by atoms with Crippen molar-refractivity contribution in [2.75, 3.05) is 0 Å². The van der Waals surface area contributed by atoms with Gasteiger partial charge in [-0.15, -0.1) is 0 Å². The molecule has 0 saturated carbocycles.